The standard InChI is InChI=1S/C16H21NO3/c1-4-8-17-12-11-6-5-10-7-9-19-13(10)14(11)20-16(2,3)15(12)18/h5-7,9,12,15,17-18H,4,8H2,1-3H3. The number of aliphatic hydroxyl groups is 1. The zero-order chi connectivity index (χ0) is 14.3. The molecule has 0 radical (unpaired) electrons. The molecule has 2 heterocycles. The van der Waals surface area contributed by atoms with Crippen LogP contribution in [-0.2, 0) is 0 Å². The molecule has 2 atom stereocenters. The van der Waals surface area contributed by atoms with E-state index in [0.717, 1.165) is 35.2 Å². The first-order chi connectivity index (χ1) is 9.54. The summed E-state index contributed by atoms with van der Waals surface area (Å²) >= 11 is 0. The molecule has 2 N–H and O–H groups in total. The molecule has 4 nitrogen and oxygen atoms in total. The number of ether oxygens (including phenoxy) is 1. The molecule has 0 fully saturated rings. The van der Waals surface area contributed by atoms with Gasteiger partial charge in [0, 0.05) is 10.9 Å². The molecule has 1 aliphatic heterocycles. The lowest BCUT2D eigenvalue weighted by atomic mass is 9.86. The Bertz CT molecular complexity index is 617. The lowest BCUT2D eigenvalue weighted by Gasteiger charge is -2.42. The predicted molar refractivity (Wildman–Crippen MR) is 78.0 cm³/mol. The van der Waals surface area contributed by atoms with Gasteiger partial charge in [-0.25, -0.2) is 0 Å². The Labute approximate surface area is 118 Å². The fraction of sp³-hybridized carbons (Fsp3) is 0.500. The summed E-state index contributed by atoms with van der Waals surface area (Å²) in [5, 5.41) is 15.0. The number of aliphatic hydroxyl groups excluding tert-OH is 1. The Morgan fingerprint density at radius 3 is 2.85 bits per heavy atom. The molecule has 1 aliphatic rings. The molecule has 2 unspecified atom stereocenters. The monoisotopic (exact) mass is 275 g/mol. The number of hydrogen-bond acceptors (Lipinski definition) is 4. The van der Waals surface area contributed by atoms with Gasteiger partial charge in [-0.1, -0.05) is 19.1 Å². The number of rotatable bonds is 3. The van der Waals surface area contributed by atoms with E-state index >= 15 is 0 Å². The second kappa shape index (κ2) is 4.79. The molecule has 4 heteroatoms. The van der Waals surface area contributed by atoms with Crippen LogP contribution in [0.15, 0.2) is 28.9 Å². The Hall–Kier alpha value is -1.52. The van der Waals surface area contributed by atoms with Gasteiger partial charge in [0.25, 0.3) is 0 Å². The maximum Gasteiger partial charge on any atom is 0.176 e. The first kappa shape index (κ1) is 13.5. The zero-order valence-electron chi connectivity index (χ0n) is 12.1. The molecule has 0 spiro atoms. The number of nitrogens with one attached hydrogen (secondary N) is 1. The van der Waals surface area contributed by atoms with Gasteiger partial charge in [0.15, 0.2) is 11.3 Å². The molecule has 0 amide bonds. The molecule has 0 bridgehead atoms. The van der Waals surface area contributed by atoms with Crippen LogP contribution in [0.2, 0.25) is 0 Å². The molecule has 0 aliphatic carbocycles. The molecular weight excluding hydrogens is 254 g/mol. The number of benzene rings is 1. The lowest BCUT2D eigenvalue weighted by Crippen LogP contribution is -2.52. The predicted octanol–water partition coefficient (Wildman–Crippen LogP) is 3.01. The maximum atomic E-state index is 10.6. The molecule has 20 heavy (non-hydrogen) atoms. The fourth-order valence-electron chi connectivity index (χ4n) is 2.79. The van der Waals surface area contributed by atoms with Gasteiger partial charge >= 0.3 is 0 Å². The molecule has 0 saturated heterocycles. The van der Waals surface area contributed by atoms with Crippen LogP contribution >= 0.6 is 0 Å². The van der Waals surface area contributed by atoms with Gasteiger partial charge in [-0.2, -0.15) is 0 Å². The van der Waals surface area contributed by atoms with E-state index in [4.69, 9.17) is 9.15 Å². The summed E-state index contributed by atoms with van der Waals surface area (Å²) in [5.74, 6) is 0.747. The van der Waals surface area contributed by atoms with Crippen LogP contribution in [0.3, 0.4) is 0 Å². The third-order valence-corrected chi connectivity index (χ3v) is 3.95. The third-order valence-electron chi connectivity index (χ3n) is 3.95. The van der Waals surface area contributed by atoms with Crippen molar-refractivity contribution in [1.82, 2.24) is 5.32 Å². The second-order valence-electron chi connectivity index (χ2n) is 5.91. The van der Waals surface area contributed by atoms with E-state index in [1.807, 2.05) is 32.0 Å². The summed E-state index contributed by atoms with van der Waals surface area (Å²) in [7, 11) is 0. The maximum absolute atomic E-state index is 10.6. The van der Waals surface area contributed by atoms with Crippen molar-refractivity contribution in [3.8, 4) is 5.75 Å². The van der Waals surface area contributed by atoms with Crippen molar-refractivity contribution >= 4 is 11.0 Å². The van der Waals surface area contributed by atoms with Gasteiger partial charge in [-0.15, -0.1) is 0 Å². The van der Waals surface area contributed by atoms with E-state index in [1.165, 1.54) is 0 Å². The van der Waals surface area contributed by atoms with Crippen LogP contribution < -0.4 is 10.1 Å². The highest BCUT2D eigenvalue weighted by atomic mass is 16.5. The van der Waals surface area contributed by atoms with Gasteiger partial charge in [-0.05, 0) is 32.9 Å². The average Bonchev–Trinajstić information content (AvgIpc) is 2.88. The number of hydrogen-bond donors (Lipinski definition) is 2. The summed E-state index contributed by atoms with van der Waals surface area (Å²) in [6, 6.07) is 5.81. The van der Waals surface area contributed by atoms with Crippen molar-refractivity contribution in [3.05, 3.63) is 30.0 Å². The van der Waals surface area contributed by atoms with Crippen LogP contribution in [0.5, 0.6) is 5.75 Å². The Balaban J connectivity index is 2.12. The van der Waals surface area contributed by atoms with Crippen molar-refractivity contribution in [2.45, 2.75) is 44.9 Å². The molecule has 0 saturated carbocycles. The second-order valence-corrected chi connectivity index (χ2v) is 5.91. The topological polar surface area (TPSA) is 54.6 Å². The van der Waals surface area contributed by atoms with Crippen molar-refractivity contribution in [1.29, 1.82) is 0 Å². The van der Waals surface area contributed by atoms with Crippen molar-refractivity contribution in [2.75, 3.05) is 6.54 Å². The fourth-order valence-corrected chi connectivity index (χ4v) is 2.79. The lowest BCUT2D eigenvalue weighted by molar-refractivity contribution is -0.0639. The Morgan fingerprint density at radius 2 is 2.10 bits per heavy atom. The van der Waals surface area contributed by atoms with E-state index in [-0.39, 0.29) is 6.04 Å². The van der Waals surface area contributed by atoms with Gasteiger partial charge in [0.1, 0.15) is 11.7 Å². The largest absolute Gasteiger partial charge is 0.481 e. The first-order valence-corrected chi connectivity index (χ1v) is 7.15. The van der Waals surface area contributed by atoms with Crippen LogP contribution in [0, 0.1) is 0 Å². The van der Waals surface area contributed by atoms with E-state index in [1.54, 1.807) is 6.26 Å². The highest BCUT2D eigenvalue weighted by molar-refractivity contribution is 5.85. The van der Waals surface area contributed by atoms with Crippen LogP contribution in [0.1, 0.15) is 38.8 Å². The number of fused-ring (bicyclic) bond motifs is 3. The summed E-state index contributed by atoms with van der Waals surface area (Å²) < 4.78 is 11.6. The summed E-state index contributed by atoms with van der Waals surface area (Å²) in [6.45, 7) is 6.78. The average molecular weight is 275 g/mol. The van der Waals surface area contributed by atoms with Crippen molar-refractivity contribution in [3.63, 3.8) is 0 Å². The van der Waals surface area contributed by atoms with Crippen LogP contribution in [0.25, 0.3) is 11.0 Å². The quantitative estimate of drug-likeness (QED) is 0.904. The van der Waals surface area contributed by atoms with E-state index in [9.17, 15) is 5.11 Å². The minimum absolute atomic E-state index is 0.136. The smallest absolute Gasteiger partial charge is 0.176 e. The highest BCUT2D eigenvalue weighted by Crippen LogP contribution is 2.44. The summed E-state index contributed by atoms with van der Waals surface area (Å²) in [6.07, 6.45) is 2.08. The van der Waals surface area contributed by atoms with Gasteiger partial charge < -0.3 is 19.6 Å². The third kappa shape index (κ3) is 2.00. The van der Waals surface area contributed by atoms with Crippen molar-refractivity contribution < 1.29 is 14.3 Å². The molecule has 2 aromatic rings. The van der Waals surface area contributed by atoms with Gasteiger partial charge in [0.05, 0.1) is 12.3 Å². The van der Waals surface area contributed by atoms with Gasteiger partial charge in [-0.3, -0.25) is 0 Å². The Kier molecular flexibility index (Phi) is 3.22. The molecule has 3 rings (SSSR count). The molecular formula is C16H21NO3. The summed E-state index contributed by atoms with van der Waals surface area (Å²) in [4.78, 5) is 0. The zero-order valence-corrected chi connectivity index (χ0v) is 12.1. The van der Waals surface area contributed by atoms with Crippen LogP contribution in [0.4, 0.5) is 0 Å². The normalized spacial score (nSPS) is 24.4. The molecule has 108 valence electrons. The van der Waals surface area contributed by atoms with Crippen LogP contribution in [-0.4, -0.2) is 23.4 Å². The van der Waals surface area contributed by atoms with Crippen molar-refractivity contribution in [2.24, 2.45) is 0 Å². The van der Waals surface area contributed by atoms with Gasteiger partial charge in [0.2, 0.25) is 0 Å². The molecule has 1 aromatic heterocycles. The summed E-state index contributed by atoms with van der Waals surface area (Å²) in [5.41, 5.74) is 1.07. The van der Waals surface area contributed by atoms with E-state index < -0.39 is 11.7 Å². The highest BCUT2D eigenvalue weighted by Gasteiger charge is 2.43. The van der Waals surface area contributed by atoms with E-state index in [2.05, 4.69) is 12.2 Å². The minimum atomic E-state index is -0.653. The minimum Gasteiger partial charge on any atom is -0.481 e. The number of furan rings is 1. The Morgan fingerprint density at radius 1 is 1.30 bits per heavy atom. The SMILES string of the molecule is CCCNC1c2ccc3ccoc3c2OC(C)(C)C1O. The van der Waals surface area contributed by atoms with E-state index in [0.29, 0.717) is 0 Å². The first-order valence-electron chi connectivity index (χ1n) is 7.15. The molecule has 1 aromatic carbocycles.